The van der Waals surface area contributed by atoms with E-state index in [1.807, 2.05) is 6.20 Å². The van der Waals surface area contributed by atoms with Gasteiger partial charge in [0.1, 0.15) is 18.8 Å². The molecule has 16 nitrogen and oxygen atoms in total. The molecule has 0 spiro atoms. The predicted octanol–water partition coefficient (Wildman–Crippen LogP) is 0.548. The molecule has 2 heterocycles. The Morgan fingerprint density at radius 1 is 0.932 bits per heavy atom. The summed E-state index contributed by atoms with van der Waals surface area (Å²) >= 11 is 0. The maximum Gasteiger partial charge on any atom is 0.303 e. The molecular weight excluding hydrogens is 584 g/mol. The van der Waals surface area contributed by atoms with E-state index >= 15 is 0 Å². The minimum absolute atomic E-state index is 0.0319. The van der Waals surface area contributed by atoms with Crippen LogP contribution in [0.1, 0.15) is 53.7 Å². The van der Waals surface area contributed by atoms with Crippen LogP contribution in [0.5, 0.6) is 0 Å². The SMILES string of the molecule is CC(=O)NC1(OCCOCCOCCOCCn2cc(CC(C)C)nn2)CC(OC(C)=O)C(OC(C)=O)C(COC(C)=O)O1. The minimum Gasteiger partial charge on any atom is -0.463 e. The molecule has 16 heteroatoms. The third-order valence-corrected chi connectivity index (χ3v) is 5.96. The number of nitrogens with one attached hydrogen (secondary N) is 1. The Morgan fingerprint density at radius 2 is 1.55 bits per heavy atom. The first-order valence-corrected chi connectivity index (χ1v) is 14.6. The van der Waals surface area contributed by atoms with E-state index in [0.29, 0.717) is 38.9 Å². The summed E-state index contributed by atoms with van der Waals surface area (Å²) in [5, 5.41) is 10.8. The molecule has 0 radical (unpaired) electrons. The van der Waals surface area contributed by atoms with E-state index in [4.69, 9.17) is 37.9 Å². The number of carbonyl (C=O) groups excluding carboxylic acids is 4. The van der Waals surface area contributed by atoms with Crippen LogP contribution in [0, 0.1) is 5.92 Å². The van der Waals surface area contributed by atoms with Gasteiger partial charge in [-0.15, -0.1) is 5.10 Å². The van der Waals surface area contributed by atoms with Crippen molar-refractivity contribution in [1.82, 2.24) is 20.3 Å². The first-order chi connectivity index (χ1) is 20.9. The van der Waals surface area contributed by atoms with Gasteiger partial charge < -0.3 is 43.2 Å². The number of ether oxygens (including phenoxy) is 8. The largest absolute Gasteiger partial charge is 0.463 e. The van der Waals surface area contributed by atoms with Gasteiger partial charge in [0.15, 0.2) is 6.10 Å². The summed E-state index contributed by atoms with van der Waals surface area (Å²) < 4.78 is 46.1. The molecule has 4 atom stereocenters. The molecule has 1 amide bonds. The Hall–Kier alpha value is -3.18. The highest BCUT2D eigenvalue weighted by Crippen LogP contribution is 2.33. The lowest BCUT2D eigenvalue weighted by Gasteiger charge is -2.46. The van der Waals surface area contributed by atoms with Crippen LogP contribution in [-0.4, -0.2) is 116 Å². The van der Waals surface area contributed by atoms with E-state index < -0.39 is 48.0 Å². The van der Waals surface area contributed by atoms with E-state index in [1.54, 1.807) is 4.68 Å². The normalized spacial score (nSPS) is 21.6. The zero-order valence-electron chi connectivity index (χ0n) is 26.4. The summed E-state index contributed by atoms with van der Waals surface area (Å²) in [6, 6.07) is 0. The summed E-state index contributed by atoms with van der Waals surface area (Å²) in [7, 11) is 0. The number of hydrogen-bond donors (Lipinski definition) is 1. The van der Waals surface area contributed by atoms with Crippen LogP contribution in [0.3, 0.4) is 0 Å². The second-order valence-electron chi connectivity index (χ2n) is 10.6. The van der Waals surface area contributed by atoms with Crippen molar-refractivity contribution in [3.8, 4) is 0 Å². The van der Waals surface area contributed by atoms with Gasteiger partial charge >= 0.3 is 17.9 Å². The molecule has 1 aromatic rings. The van der Waals surface area contributed by atoms with Gasteiger partial charge in [-0.25, -0.2) is 4.68 Å². The molecule has 0 aromatic carbocycles. The molecule has 2 rings (SSSR count). The number of rotatable bonds is 20. The standard InChI is InChI=1S/C28H46N4O12/c1-19(2)15-24-17-32(31-30-24)7-8-37-9-10-38-11-12-39-13-14-41-28(29-20(3)33)16-25(42-22(5)35)27(43-23(6)36)26(44-28)18-40-21(4)34/h17,19,25-27H,7-16,18H2,1-6H3,(H,29,33). The summed E-state index contributed by atoms with van der Waals surface area (Å²) in [6.45, 7) is 11.3. The third-order valence-electron chi connectivity index (χ3n) is 5.96. The van der Waals surface area contributed by atoms with Crippen LogP contribution in [0.15, 0.2) is 6.20 Å². The number of aromatic nitrogens is 3. The summed E-state index contributed by atoms with van der Waals surface area (Å²) in [4.78, 5) is 47.1. The van der Waals surface area contributed by atoms with E-state index in [0.717, 1.165) is 12.1 Å². The van der Waals surface area contributed by atoms with Crippen molar-refractivity contribution in [3.05, 3.63) is 11.9 Å². The van der Waals surface area contributed by atoms with Gasteiger partial charge in [0.25, 0.3) is 5.91 Å². The van der Waals surface area contributed by atoms with Gasteiger partial charge in [-0.05, 0) is 12.3 Å². The summed E-state index contributed by atoms with van der Waals surface area (Å²) in [5.41, 5.74) is 0.966. The summed E-state index contributed by atoms with van der Waals surface area (Å²) in [5.74, 6) is -3.70. The number of hydrogen-bond acceptors (Lipinski definition) is 14. The Kier molecular flexibility index (Phi) is 16.2. The molecule has 250 valence electrons. The Morgan fingerprint density at radius 3 is 2.11 bits per heavy atom. The molecule has 0 aliphatic carbocycles. The lowest BCUT2D eigenvalue weighted by atomic mass is 9.98. The van der Waals surface area contributed by atoms with Crippen molar-refractivity contribution in [2.75, 3.05) is 52.9 Å². The molecule has 0 bridgehead atoms. The topological polar surface area (TPSA) is 185 Å². The van der Waals surface area contributed by atoms with Gasteiger partial charge in [-0.1, -0.05) is 19.1 Å². The van der Waals surface area contributed by atoms with Crippen molar-refractivity contribution in [2.24, 2.45) is 5.92 Å². The highest BCUT2D eigenvalue weighted by molar-refractivity contribution is 5.73. The Labute approximate surface area is 257 Å². The van der Waals surface area contributed by atoms with Crippen molar-refractivity contribution < 1.29 is 57.1 Å². The average Bonchev–Trinajstić information content (AvgIpc) is 3.35. The van der Waals surface area contributed by atoms with E-state index in [2.05, 4.69) is 29.5 Å². The number of amides is 1. The van der Waals surface area contributed by atoms with Crippen LogP contribution < -0.4 is 5.32 Å². The molecular formula is C28H46N4O12. The zero-order chi connectivity index (χ0) is 32.5. The van der Waals surface area contributed by atoms with Gasteiger partial charge in [0.05, 0.1) is 64.9 Å². The molecule has 1 aliphatic heterocycles. The van der Waals surface area contributed by atoms with E-state index in [-0.39, 0.29) is 32.8 Å². The lowest BCUT2D eigenvalue weighted by Crippen LogP contribution is -2.65. The van der Waals surface area contributed by atoms with Crippen LogP contribution in [0.4, 0.5) is 0 Å². The molecule has 44 heavy (non-hydrogen) atoms. The maximum absolute atomic E-state index is 12.1. The lowest BCUT2D eigenvalue weighted by molar-refractivity contribution is -0.336. The molecule has 4 unspecified atom stereocenters. The zero-order valence-corrected chi connectivity index (χ0v) is 26.4. The fourth-order valence-corrected chi connectivity index (χ4v) is 4.38. The number of nitrogens with zero attached hydrogens (tertiary/aromatic N) is 3. The van der Waals surface area contributed by atoms with Gasteiger partial charge in [-0.3, -0.25) is 19.2 Å². The quantitative estimate of drug-likeness (QED) is 0.0911. The number of esters is 3. The minimum atomic E-state index is -1.78. The smallest absolute Gasteiger partial charge is 0.303 e. The Balaban J connectivity index is 1.76. The maximum atomic E-state index is 12.1. The molecule has 1 aliphatic rings. The molecule has 1 saturated heterocycles. The first kappa shape index (κ1) is 37.0. The van der Waals surface area contributed by atoms with Crippen LogP contribution >= 0.6 is 0 Å². The van der Waals surface area contributed by atoms with E-state index in [1.165, 1.54) is 27.7 Å². The molecule has 0 saturated carbocycles. The third kappa shape index (κ3) is 14.5. The average molecular weight is 631 g/mol. The van der Waals surface area contributed by atoms with Crippen molar-refractivity contribution in [3.63, 3.8) is 0 Å². The van der Waals surface area contributed by atoms with Crippen LogP contribution in [0.2, 0.25) is 0 Å². The fourth-order valence-electron chi connectivity index (χ4n) is 4.38. The second-order valence-corrected chi connectivity index (χ2v) is 10.6. The molecule has 1 aromatic heterocycles. The van der Waals surface area contributed by atoms with Gasteiger partial charge in [0, 0.05) is 33.9 Å². The van der Waals surface area contributed by atoms with Crippen molar-refractivity contribution in [2.45, 2.75) is 85.2 Å². The van der Waals surface area contributed by atoms with Crippen molar-refractivity contribution in [1.29, 1.82) is 0 Å². The predicted molar refractivity (Wildman–Crippen MR) is 151 cm³/mol. The van der Waals surface area contributed by atoms with Crippen LogP contribution in [0.25, 0.3) is 0 Å². The Bertz CT molecular complexity index is 1050. The first-order valence-electron chi connectivity index (χ1n) is 14.6. The monoisotopic (exact) mass is 630 g/mol. The second kappa shape index (κ2) is 19.3. The molecule has 1 N–H and O–H groups in total. The van der Waals surface area contributed by atoms with Crippen molar-refractivity contribution >= 4 is 23.8 Å². The fraction of sp³-hybridized carbons (Fsp3) is 0.786. The van der Waals surface area contributed by atoms with Crippen LogP contribution in [-0.2, 0) is 70.0 Å². The highest BCUT2D eigenvalue weighted by atomic mass is 16.7. The van der Waals surface area contributed by atoms with Gasteiger partial charge in [0.2, 0.25) is 5.91 Å². The van der Waals surface area contributed by atoms with Gasteiger partial charge in [-0.2, -0.15) is 0 Å². The molecule has 1 fully saturated rings. The highest BCUT2D eigenvalue weighted by Gasteiger charge is 2.52. The number of carbonyl (C=O) groups is 4. The summed E-state index contributed by atoms with van der Waals surface area (Å²) in [6.07, 6.45) is -0.711. The van der Waals surface area contributed by atoms with E-state index in [9.17, 15) is 19.2 Å².